The highest BCUT2D eigenvalue weighted by Gasteiger charge is 2.62. The molecule has 0 aromatic rings. The van der Waals surface area contributed by atoms with Gasteiger partial charge in [0.25, 0.3) is 0 Å². The van der Waals surface area contributed by atoms with Crippen molar-refractivity contribution in [1.82, 2.24) is 42.5 Å². The Hall–Kier alpha value is -4.28. The summed E-state index contributed by atoms with van der Waals surface area (Å²) < 4.78 is 35.3. The first-order valence-electron chi connectivity index (χ1n) is 29.0. The van der Waals surface area contributed by atoms with E-state index >= 15 is 0 Å². The van der Waals surface area contributed by atoms with Crippen molar-refractivity contribution in [2.45, 2.75) is 136 Å². The fraction of sp³-hybridized carbons (Fsp3) is 0.600. The molecule has 0 aromatic heterocycles. The molecule has 28 heteroatoms. The Labute approximate surface area is 519 Å². The van der Waals surface area contributed by atoms with Crippen LogP contribution in [0, 0.1) is 0 Å². The highest BCUT2D eigenvalue weighted by atomic mass is 31.2. The van der Waals surface area contributed by atoms with Crippen molar-refractivity contribution < 1.29 is 78.2 Å². The molecule has 5 saturated heterocycles. The number of aliphatic hydroxyl groups excluding tert-OH is 5. The smallest absolute Gasteiger partial charge is 0.323 e. The van der Waals surface area contributed by atoms with Crippen molar-refractivity contribution in [1.29, 1.82) is 0 Å². The second-order valence-corrected chi connectivity index (χ2v) is 44.3. The molecule has 0 aromatic carbocycles. The minimum Gasteiger partial charge on any atom is -0.388 e. The van der Waals surface area contributed by atoms with Crippen molar-refractivity contribution in [3.8, 4) is 0 Å². The van der Waals surface area contributed by atoms with Crippen LogP contribution in [0.15, 0.2) is 96.2 Å². The lowest BCUT2D eigenvalue weighted by molar-refractivity contribution is -0.132. The van der Waals surface area contributed by atoms with Crippen LogP contribution in [0.1, 0.15) is 39.5 Å². The summed E-state index contributed by atoms with van der Waals surface area (Å²) in [6.45, 7) is 31.2. The molecule has 9 aliphatic rings. The molecule has 0 aliphatic carbocycles. The summed E-state index contributed by atoms with van der Waals surface area (Å²) in [4.78, 5) is 45.0. The largest absolute Gasteiger partial charge is 0.388 e. The highest BCUT2D eigenvalue weighted by Crippen LogP contribution is 2.50. The van der Waals surface area contributed by atoms with E-state index < -0.39 is 118 Å². The van der Waals surface area contributed by atoms with Crippen molar-refractivity contribution in [2.75, 3.05) is 91.7 Å². The van der Waals surface area contributed by atoms with E-state index in [4.69, 9.17) is 28.4 Å². The Morgan fingerprint density at radius 2 is 0.943 bits per heavy atom. The lowest BCUT2D eigenvalue weighted by Crippen LogP contribution is -2.49. The standard InChI is InChI=1S/C15H23N2O4P.3C15H25N2O4P/c1-9-10(7-16-14(19)17-9)11-12-13(18)15(21-11,8-20-12)5-6-22(2,3)4;1-9-10(8-16-14(20)17-9)12-11(18)13(19)15(2,21-12)6-7-22(3,4)5;1-9-10(8-16-14(19)17-9)13-15(2,20)12(18)11(21-13)6-7-22(3,4)5;1-9-10(8-16-15(19)17-9)13-14(20-2)12(18)11(21-13)6-7-22(3,4)5/h7,11-13,18H,1-2,5-6,8H2,3-4H3,(H2,16,17,19);8,11-13,18-19H,1,3,6-7H2,2,4-5H3,(H2,16,17,20);8,11-13,18,20H,1,3,6-7H2,2,4-5H3,(H2,16,17,19);8,11-14,18H,1,3,6-7H2,2,4-5H3,(H2,16,17,19)/t11-,12-,13-,15-;11-,12-,13-,15+;11-,12-,13+,15-;11-,12-,13+,14-/m0011/s1. The van der Waals surface area contributed by atoms with Gasteiger partial charge in [-0.05, 0) is 117 Å². The van der Waals surface area contributed by atoms with E-state index in [1.807, 2.05) is 0 Å². The van der Waals surface area contributed by atoms with Crippen LogP contribution >= 0.6 is 27.5 Å². The van der Waals surface area contributed by atoms with Crippen LogP contribution in [0.25, 0.3) is 0 Å². The molecule has 494 valence electrons. The zero-order chi connectivity index (χ0) is 66.0. The van der Waals surface area contributed by atoms with E-state index in [-0.39, 0.29) is 30.2 Å². The van der Waals surface area contributed by atoms with Gasteiger partial charge in [-0.15, -0.1) is 52.7 Å². The van der Waals surface area contributed by atoms with Gasteiger partial charge < -0.3 is 102 Å². The first-order valence-corrected chi connectivity index (χ1v) is 41.2. The molecule has 24 nitrogen and oxygen atoms in total. The number of aliphatic hydroxyl groups is 6. The van der Waals surface area contributed by atoms with E-state index in [9.17, 15) is 49.8 Å². The molecule has 0 spiro atoms. The molecule has 9 rings (SSSR count). The monoisotopic (exact) mass is 1310 g/mol. The summed E-state index contributed by atoms with van der Waals surface area (Å²) in [5.41, 5.74) is 1.20. The first kappa shape index (κ1) is 72.8. The predicted octanol–water partition coefficient (Wildman–Crippen LogP) is 2.98. The fourth-order valence-corrected chi connectivity index (χ4v) is 15.1. The molecular weight excluding hydrogens is 1210 g/mol. The number of fused-ring (bicyclic) bond motifs is 2. The summed E-state index contributed by atoms with van der Waals surface area (Å²) in [5, 5.41) is 83.4. The predicted molar refractivity (Wildman–Crippen MR) is 356 cm³/mol. The SMILES string of the molecule is C=C1NC(=O)NC=C1[C@@H]1O[C@@]2(CCP(=C)(C)C)CO[C@@H]1[C@@H]2O.C=C1NC(=O)NC=C1[C@@H]1O[C@H](CCP(=C)(C)C)[C@@H](O)[C@@]1(C)O.C=C1NC(=O)NC=C1[C@@H]1O[C@H](CCP(=C)(C)C)[C@@H](O)[C@H]1OC.C=C1NC(=O)NC=C1[C@@H]1O[C@](C)(CCP(=C)(C)C)[C@@H](O)[C@H]1O. The number of hydrogen-bond donors (Lipinski definition) is 14. The van der Waals surface area contributed by atoms with Gasteiger partial charge in [-0.1, -0.05) is 26.3 Å². The lowest BCUT2D eigenvalue weighted by Gasteiger charge is -2.34. The van der Waals surface area contributed by atoms with Crippen molar-refractivity contribution >= 4 is 76.9 Å². The maximum atomic E-state index is 11.3. The minimum atomic E-state index is -1.45. The number of hydrogen-bond acceptors (Lipinski definition) is 16. The molecule has 2 bridgehead atoms. The van der Waals surface area contributed by atoms with Gasteiger partial charge in [0, 0.05) is 77.0 Å². The second-order valence-electron chi connectivity index (χ2n) is 27.0. The molecule has 9 aliphatic heterocycles. The summed E-state index contributed by atoms with van der Waals surface area (Å²) >= 11 is 0. The van der Waals surface area contributed by atoms with Crippen LogP contribution in [0.2, 0.25) is 0 Å². The van der Waals surface area contributed by atoms with Crippen LogP contribution in [-0.2, 0) is 28.4 Å². The summed E-state index contributed by atoms with van der Waals surface area (Å²) in [7, 11) is 1.54. The maximum Gasteiger partial charge on any atom is 0.323 e. The first-order chi connectivity index (χ1) is 40.5. The van der Waals surface area contributed by atoms with Crippen LogP contribution in [0.4, 0.5) is 19.2 Å². The molecule has 14 N–H and O–H groups in total. The third kappa shape index (κ3) is 18.1. The van der Waals surface area contributed by atoms with E-state index in [0.717, 1.165) is 37.5 Å². The van der Waals surface area contributed by atoms with Crippen LogP contribution in [0.5, 0.6) is 0 Å². The molecule has 8 amide bonds. The number of nitrogens with one attached hydrogen (secondary N) is 8. The number of urea groups is 4. The Kier molecular flexibility index (Phi) is 23.4. The normalized spacial score (nSPS) is 35.5. The van der Waals surface area contributed by atoms with Crippen LogP contribution in [-0.4, -0.2) is 268 Å². The van der Waals surface area contributed by atoms with Gasteiger partial charge in [0.1, 0.15) is 78.3 Å². The summed E-state index contributed by atoms with van der Waals surface area (Å²) in [5.74, 6) is 0. The van der Waals surface area contributed by atoms with Gasteiger partial charge in [0.05, 0.1) is 24.4 Å². The Balaban J connectivity index is 0.000000187. The summed E-state index contributed by atoms with van der Waals surface area (Å²) in [6, 6.07) is -1.42. The third-order valence-corrected chi connectivity index (χ3v) is 22.4. The van der Waals surface area contributed by atoms with Gasteiger partial charge in [-0.3, -0.25) is 0 Å². The molecule has 16 atom stereocenters. The molecule has 5 fully saturated rings. The van der Waals surface area contributed by atoms with Crippen LogP contribution < -0.4 is 42.5 Å². The number of carbonyl (C=O) groups is 4. The minimum absolute atomic E-state index is 0.303. The summed E-state index contributed by atoms with van der Waals surface area (Å²) in [6.07, 6.45) is 20.6. The molecule has 9 heterocycles. The number of carbonyl (C=O) groups excluding carboxylic acids is 4. The van der Waals surface area contributed by atoms with E-state index in [2.05, 4.69) is 147 Å². The van der Waals surface area contributed by atoms with E-state index in [1.54, 1.807) is 26.4 Å². The van der Waals surface area contributed by atoms with Crippen molar-refractivity contribution in [2.24, 2.45) is 0 Å². The molecule has 0 radical (unpaired) electrons. The van der Waals surface area contributed by atoms with Gasteiger partial charge in [0.2, 0.25) is 0 Å². The van der Waals surface area contributed by atoms with Crippen molar-refractivity contribution in [3.63, 3.8) is 0 Å². The van der Waals surface area contributed by atoms with Crippen LogP contribution in [0.3, 0.4) is 0 Å². The lowest BCUT2D eigenvalue weighted by atomic mass is 9.87. The number of rotatable bonds is 17. The maximum absolute atomic E-state index is 11.3. The second kappa shape index (κ2) is 28.3. The van der Waals surface area contributed by atoms with Gasteiger partial charge in [-0.25, -0.2) is 19.2 Å². The fourth-order valence-electron chi connectivity index (χ4n) is 11.2. The Bertz CT molecular complexity index is 2960. The molecule has 0 unspecified atom stereocenters. The van der Waals surface area contributed by atoms with Crippen molar-refractivity contribution in [3.05, 3.63) is 96.2 Å². The van der Waals surface area contributed by atoms with Gasteiger partial charge in [0.15, 0.2) is 0 Å². The molecular formula is C60H98N8O16P4. The topological polar surface area (TPSA) is 341 Å². The Morgan fingerprint density at radius 3 is 1.38 bits per heavy atom. The average molecular weight is 1310 g/mol. The number of amides is 8. The zero-order valence-electron chi connectivity index (χ0n) is 52.9. The zero-order valence-corrected chi connectivity index (χ0v) is 56.5. The molecule has 88 heavy (non-hydrogen) atoms. The van der Waals surface area contributed by atoms with Gasteiger partial charge in [-0.2, -0.15) is 0 Å². The van der Waals surface area contributed by atoms with E-state index in [1.165, 1.54) is 19.3 Å². The Morgan fingerprint density at radius 1 is 0.534 bits per heavy atom. The quantitative estimate of drug-likeness (QED) is 0.0931. The third-order valence-electron chi connectivity index (χ3n) is 16.6. The molecule has 0 saturated carbocycles. The van der Waals surface area contributed by atoms with Gasteiger partial charge >= 0.3 is 24.1 Å². The average Bonchev–Trinajstić information content (AvgIpc) is 1.61. The number of methoxy groups -OCH3 is 1. The van der Waals surface area contributed by atoms with E-state index in [0.29, 0.717) is 64.5 Å². The number of ether oxygens (including phenoxy) is 6. The highest BCUT2D eigenvalue weighted by molar-refractivity contribution is 7.73.